The number of hydrogen-bond donors (Lipinski definition) is 2. The van der Waals surface area contributed by atoms with Gasteiger partial charge in [0.1, 0.15) is 6.04 Å². The summed E-state index contributed by atoms with van der Waals surface area (Å²) in [5, 5.41) is 6.38. The lowest BCUT2D eigenvalue weighted by molar-refractivity contribution is -0.137. The van der Waals surface area contributed by atoms with E-state index in [2.05, 4.69) is 10.6 Å². The largest absolute Gasteiger partial charge is 0.493 e. The van der Waals surface area contributed by atoms with Crippen LogP contribution in [0.4, 0.5) is 13.2 Å². The molecule has 3 rings (SSSR count). The number of nitrogens with one attached hydrogen (secondary N) is 2. The van der Waals surface area contributed by atoms with Crippen molar-refractivity contribution in [2.24, 2.45) is 0 Å². The number of rotatable bonds is 13. The molecule has 204 valence electrons. The monoisotopic (exact) mass is 530 g/mol. The Hall–Kier alpha value is -3.56. The third-order valence-corrected chi connectivity index (χ3v) is 6.18. The Kier molecular flexibility index (Phi) is 10.6. The van der Waals surface area contributed by atoms with E-state index in [1.165, 1.54) is 12.1 Å². The van der Waals surface area contributed by atoms with Gasteiger partial charge in [0.25, 0.3) is 0 Å². The molecular formula is C29H33F3N2O4. The van der Waals surface area contributed by atoms with Gasteiger partial charge in [-0.3, -0.25) is 10.1 Å². The second-order valence-electron chi connectivity index (χ2n) is 8.69. The van der Waals surface area contributed by atoms with Crippen molar-refractivity contribution in [3.63, 3.8) is 0 Å². The summed E-state index contributed by atoms with van der Waals surface area (Å²) in [5.41, 5.74) is 1.70. The highest BCUT2D eigenvalue weighted by atomic mass is 19.4. The summed E-state index contributed by atoms with van der Waals surface area (Å²) >= 11 is 0. The van der Waals surface area contributed by atoms with Crippen molar-refractivity contribution in [3.8, 4) is 11.5 Å². The second kappa shape index (κ2) is 13.8. The summed E-state index contributed by atoms with van der Waals surface area (Å²) in [7, 11) is 4.66. The Bertz CT molecular complexity index is 1150. The van der Waals surface area contributed by atoms with Crippen LogP contribution in [0.2, 0.25) is 0 Å². The number of alkyl halides is 3. The topological polar surface area (TPSA) is 68.8 Å². The number of carbonyl (C=O) groups excluding carboxylic acids is 1. The van der Waals surface area contributed by atoms with Crippen molar-refractivity contribution in [2.45, 2.75) is 31.1 Å². The van der Waals surface area contributed by atoms with Gasteiger partial charge in [-0.15, -0.1) is 0 Å². The molecule has 0 aliphatic heterocycles. The predicted molar refractivity (Wildman–Crippen MR) is 139 cm³/mol. The molecule has 3 aromatic rings. The van der Waals surface area contributed by atoms with Crippen molar-refractivity contribution >= 4 is 5.91 Å². The van der Waals surface area contributed by atoms with Gasteiger partial charge in [0.2, 0.25) is 5.91 Å². The van der Waals surface area contributed by atoms with Gasteiger partial charge in [-0.1, -0.05) is 48.5 Å². The highest BCUT2D eigenvalue weighted by molar-refractivity contribution is 5.83. The third-order valence-electron chi connectivity index (χ3n) is 6.18. The van der Waals surface area contributed by atoms with Gasteiger partial charge in [-0.2, -0.15) is 13.2 Å². The molecule has 0 heterocycles. The fraction of sp³-hybridized carbons (Fsp3) is 0.345. The number of aryl methyl sites for hydroxylation is 1. The van der Waals surface area contributed by atoms with Gasteiger partial charge in [0.15, 0.2) is 11.5 Å². The lowest BCUT2D eigenvalue weighted by Gasteiger charge is -2.27. The van der Waals surface area contributed by atoms with Crippen molar-refractivity contribution in [3.05, 3.63) is 95.1 Å². The molecule has 0 spiro atoms. The number of methoxy groups -OCH3 is 3. The maximum absolute atomic E-state index is 13.2. The molecule has 0 fully saturated rings. The predicted octanol–water partition coefficient (Wildman–Crippen LogP) is 5.49. The molecule has 0 saturated heterocycles. The van der Waals surface area contributed by atoms with Crippen LogP contribution >= 0.6 is 0 Å². The van der Waals surface area contributed by atoms with Crippen molar-refractivity contribution in [1.29, 1.82) is 0 Å². The SMILES string of the molecule is COCCNC(=O)[C@@H](NC(CCc1ccc(C(F)(F)F)cc1)c1ccc(OC)c(OC)c1)c1ccccc1. The molecule has 0 aliphatic rings. The molecule has 3 aromatic carbocycles. The molecule has 1 unspecified atom stereocenters. The van der Waals surface area contributed by atoms with E-state index in [4.69, 9.17) is 14.2 Å². The van der Waals surface area contributed by atoms with Gasteiger partial charge in [0, 0.05) is 19.7 Å². The number of benzene rings is 3. The van der Waals surface area contributed by atoms with Crippen LogP contribution in [0.5, 0.6) is 11.5 Å². The van der Waals surface area contributed by atoms with Crippen LogP contribution in [0.1, 0.15) is 40.8 Å². The Morgan fingerprint density at radius 3 is 2.16 bits per heavy atom. The van der Waals surface area contributed by atoms with Crippen molar-refractivity contribution < 1.29 is 32.2 Å². The van der Waals surface area contributed by atoms with Gasteiger partial charge in [0.05, 0.1) is 26.4 Å². The molecule has 1 amide bonds. The molecule has 2 N–H and O–H groups in total. The molecule has 0 aliphatic carbocycles. The quantitative estimate of drug-likeness (QED) is 0.286. The summed E-state index contributed by atoms with van der Waals surface area (Å²) in [6, 6.07) is 19.0. The van der Waals surface area contributed by atoms with Gasteiger partial charge in [-0.25, -0.2) is 0 Å². The lowest BCUT2D eigenvalue weighted by Crippen LogP contribution is -2.40. The maximum Gasteiger partial charge on any atom is 0.416 e. The zero-order valence-corrected chi connectivity index (χ0v) is 21.7. The van der Waals surface area contributed by atoms with E-state index in [1.807, 2.05) is 42.5 Å². The highest BCUT2D eigenvalue weighted by Crippen LogP contribution is 2.33. The standard InChI is InChI=1S/C29H33F3N2O4/c1-36-18-17-33-28(35)27(21-7-5-4-6-8-21)34-24(22-12-16-25(37-2)26(19-22)38-3)15-11-20-9-13-23(14-10-20)29(30,31)32/h4-10,12-14,16,19,24,27,34H,11,15,17-18H2,1-3H3,(H,33,35)/t24?,27-/m0/s1. The average Bonchev–Trinajstić information content (AvgIpc) is 2.93. The number of amides is 1. The van der Waals surface area contributed by atoms with E-state index in [1.54, 1.807) is 27.4 Å². The van der Waals surface area contributed by atoms with E-state index in [0.717, 1.165) is 28.8 Å². The Morgan fingerprint density at radius 2 is 1.55 bits per heavy atom. The fourth-order valence-electron chi connectivity index (χ4n) is 4.14. The van der Waals surface area contributed by atoms with E-state index in [9.17, 15) is 18.0 Å². The summed E-state index contributed by atoms with van der Waals surface area (Å²) in [5.74, 6) is 0.884. The van der Waals surface area contributed by atoms with Crippen molar-refractivity contribution in [2.75, 3.05) is 34.5 Å². The van der Waals surface area contributed by atoms with Crippen LogP contribution in [-0.4, -0.2) is 40.4 Å². The zero-order valence-electron chi connectivity index (χ0n) is 21.7. The Balaban J connectivity index is 1.91. The summed E-state index contributed by atoms with van der Waals surface area (Å²) < 4.78 is 54.9. The molecule has 2 atom stereocenters. The summed E-state index contributed by atoms with van der Waals surface area (Å²) in [4.78, 5) is 13.2. The van der Waals surface area contributed by atoms with E-state index < -0.39 is 17.8 Å². The van der Waals surface area contributed by atoms with Crippen LogP contribution in [0.3, 0.4) is 0 Å². The molecule has 6 nitrogen and oxygen atoms in total. The molecule has 0 radical (unpaired) electrons. The summed E-state index contributed by atoms with van der Waals surface area (Å²) in [6.45, 7) is 0.729. The Labute approximate surface area is 221 Å². The molecule has 0 bridgehead atoms. The molecule has 0 saturated carbocycles. The van der Waals surface area contributed by atoms with E-state index in [-0.39, 0.29) is 11.9 Å². The molecular weight excluding hydrogens is 497 g/mol. The van der Waals surface area contributed by atoms with E-state index >= 15 is 0 Å². The Morgan fingerprint density at radius 1 is 0.868 bits per heavy atom. The van der Waals surface area contributed by atoms with Gasteiger partial charge < -0.3 is 19.5 Å². The first-order valence-electron chi connectivity index (χ1n) is 12.2. The fourth-order valence-corrected chi connectivity index (χ4v) is 4.14. The lowest BCUT2D eigenvalue weighted by atomic mass is 9.95. The van der Waals surface area contributed by atoms with Crippen LogP contribution < -0.4 is 20.1 Å². The number of halogens is 3. The third kappa shape index (κ3) is 7.97. The van der Waals surface area contributed by atoms with Gasteiger partial charge >= 0.3 is 6.18 Å². The number of carbonyl (C=O) groups is 1. The molecule has 9 heteroatoms. The first-order valence-corrected chi connectivity index (χ1v) is 12.2. The number of ether oxygens (including phenoxy) is 3. The van der Waals surface area contributed by atoms with Crippen LogP contribution in [0, 0.1) is 0 Å². The van der Waals surface area contributed by atoms with Gasteiger partial charge in [-0.05, 0) is 53.8 Å². The molecule has 0 aromatic heterocycles. The maximum atomic E-state index is 13.2. The van der Waals surface area contributed by atoms with Crippen molar-refractivity contribution in [1.82, 2.24) is 10.6 Å². The zero-order chi connectivity index (χ0) is 27.5. The number of hydrogen-bond acceptors (Lipinski definition) is 5. The normalized spacial score (nSPS) is 13.0. The molecule has 38 heavy (non-hydrogen) atoms. The highest BCUT2D eigenvalue weighted by Gasteiger charge is 2.30. The second-order valence-corrected chi connectivity index (χ2v) is 8.69. The minimum absolute atomic E-state index is 0.215. The summed E-state index contributed by atoms with van der Waals surface area (Å²) in [6.07, 6.45) is -3.40. The average molecular weight is 531 g/mol. The first kappa shape index (κ1) is 29.0. The van der Waals surface area contributed by atoms with E-state index in [0.29, 0.717) is 37.5 Å². The first-order chi connectivity index (χ1) is 18.3. The minimum Gasteiger partial charge on any atom is -0.493 e. The minimum atomic E-state index is -4.39. The van der Waals surface area contributed by atoms with Crippen LogP contribution in [0.25, 0.3) is 0 Å². The van der Waals surface area contributed by atoms with Crippen LogP contribution in [0.15, 0.2) is 72.8 Å². The smallest absolute Gasteiger partial charge is 0.416 e. The van der Waals surface area contributed by atoms with Crippen LogP contribution in [-0.2, 0) is 22.1 Å².